The first-order valence-corrected chi connectivity index (χ1v) is 6.81. The third kappa shape index (κ3) is 2.26. The molecule has 0 unspecified atom stereocenters. The highest BCUT2D eigenvalue weighted by Crippen LogP contribution is 2.31. The van der Waals surface area contributed by atoms with Gasteiger partial charge in [0.15, 0.2) is 5.69 Å². The van der Waals surface area contributed by atoms with Crippen LogP contribution in [0.15, 0.2) is 0 Å². The van der Waals surface area contributed by atoms with Crippen molar-refractivity contribution in [1.82, 2.24) is 9.55 Å². The van der Waals surface area contributed by atoms with Crippen molar-refractivity contribution in [1.29, 1.82) is 0 Å². The second kappa shape index (κ2) is 5.00. The lowest BCUT2D eigenvalue weighted by Crippen LogP contribution is -2.18. The van der Waals surface area contributed by atoms with Crippen LogP contribution >= 0.6 is 11.8 Å². The summed E-state index contributed by atoms with van der Waals surface area (Å²) in [5.41, 5.74) is 6.24. The Morgan fingerprint density at radius 2 is 2.18 bits per heavy atom. The molecule has 1 aromatic rings. The number of aryl methyl sites for hydroxylation is 1. The zero-order valence-corrected chi connectivity index (χ0v) is 10.9. The third-order valence-electron chi connectivity index (χ3n) is 3.06. The van der Waals surface area contributed by atoms with Gasteiger partial charge in [0.1, 0.15) is 11.6 Å². The Morgan fingerprint density at radius 1 is 1.53 bits per heavy atom. The van der Waals surface area contributed by atoms with E-state index in [1.54, 1.807) is 0 Å². The summed E-state index contributed by atoms with van der Waals surface area (Å²) in [7, 11) is 1.34. The molecule has 0 spiro atoms. The summed E-state index contributed by atoms with van der Waals surface area (Å²) in [6.07, 6.45) is 2.15. The molecule has 1 aliphatic heterocycles. The summed E-state index contributed by atoms with van der Waals surface area (Å²) >= 11 is 1.96. The van der Waals surface area contributed by atoms with E-state index in [9.17, 15) is 4.79 Å². The van der Waals surface area contributed by atoms with Crippen molar-refractivity contribution in [2.75, 3.05) is 24.3 Å². The first-order chi connectivity index (χ1) is 8.15. The van der Waals surface area contributed by atoms with E-state index in [1.165, 1.54) is 7.11 Å². The molecule has 2 rings (SSSR count). The van der Waals surface area contributed by atoms with Gasteiger partial charge in [0.05, 0.1) is 7.11 Å². The number of ether oxygens (including phenoxy) is 1. The summed E-state index contributed by atoms with van der Waals surface area (Å²) in [5, 5.41) is 0. The van der Waals surface area contributed by atoms with Crippen LogP contribution in [0.1, 0.15) is 35.2 Å². The molecule has 94 valence electrons. The number of imidazole rings is 1. The van der Waals surface area contributed by atoms with Crippen LogP contribution in [-0.2, 0) is 4.74 Å². The maximum atomic E-state index is 11.5. The topological polar surface area (TPSA) is 70.1 Å². The first kappa shape index (κ1) is 12.3. The lowest BCUT2D eigenvalue weighted by atomic mass is 10.1. The van der Waals surface area contributed by atoms with Crippen LogP contribution in [0, 0.1) is 6.92 Å². The number of nitrogens with two attached hydrogens (primary N) is 1. The van der Waals surface area contributed by atoms with Gasteiger partial charge < -0.3 is 15.0 Å². The second-order valence-corrected chi connectivity index (χ2v) is 5.32. The van der Waals surface area contributed by atoms with Gasteiger partial charge in [0, 0.05) is 6.04 Å². The Balaban J connectivity index is 2.33. The van der Waals surface area contributed by atoms with Crippen LogP contribution < -0.4 is 5.73 Å². The highest BCUT2D eigenvalue weighted by molar-refractivity contribution is 7.99. The number of hydrogen-bond acceptors (Lipinski definition) is 5. The molecule has 1 fully saturated rings. The van der Waals surface area contributed by atoms with E-state index < -0.39 is 5.97 Å². The Bertz CT molecular complexity index is 425. The van der Waals surface area contributed by atoms with Gasteiger partial charge in [-0.1, -0.05) is 0 Å². The highest BCUT2D eigenvalue weighted by Gasteiger charge is 2.25. The number of nitrogen functional groups attached to an aromatic ring is 1. The van der Waals surface area contributed by atoms with Crippen molar-refractivity contribution in [3.05, 3.63) is 11.5 Å². The van der Waals surface area contributed by atoms with Gasteiger partial charge in [-0.2, -0.15) is 11.8 Å². The van der Waals surface area contributed by atoms with Crippen LogP contribution in [0.5, 0.6) is 0 Å². The molecule has 0 radical (unpaired) electrons. The number of carbonyl (C=O) groups excluding carboxylic acids is 1. The summed E-state index contributed by atoms with van der Waals surface area (Å²) < 4.78 is 6.65. The van der Waals surface area contributed by atoms with Crippen molar-refractivity contribution < 1.29 is 9.53 Å². The molecular formula is C11H17N3O2S. The van der Waals surface area contributed by atoms with E-state index in [0.717, 1.165) is 30.2 Å². The minimum absolute atomic E-state index is 0.239. The largest absolute Gasteiger partial charge is 0.464 e. The normalized spacial score (nSPS) is 17.1. The third-order valence-corrected chi connectivity index (χ3v) is 4.11. The lowest BCUT2D eigenvalue weighted by Gasteiger charge is -2.24. The number of carbonyl (C=O) groups is 1. The number of anilines is 1. The molecule has 0 aromatic carbocycles. The predicted molar refractivity (Wildman–Crippen MR) is 68.3 cm³/mol. The van der Waals surface area contributed by atoms with Crippen LogP contribution in [0.25, 0.3) is 0 Å². The van der Waals surface area contributed by atoms with Gasteiger partial charge in [-0.05, 0) is 31.3 Å². The van der Waals surface area contributed by atoms with Gasteiger partial charge >= 0.3 is 5.97 Å². The molecule has 0 aliphatic carbocycles. The Kier molecular flexibility index (Phi) is 3.61. The molecule has 0 bridgehead atoms. The number of aromatic nitrogens is 2. The number of methoxy groups -OCH3 is 1. The Hall–Kier alpha value is -1.17. The SMILES string of the molecule is COC(=O)c1nc(C)n(C2CCSCC2)c1N. The van der Waals surface area contributed by atoms with Crippen LogP contribution in [0.4, 0.5) is 5.82 Å². The smallest absolute Gasteiger partial charge is 0.360 e. The first-order valence-electron chi connectivity index (χ1n) is 5.65. The van der Waals surface area contributed by atoms with E-state index in [1.807, 2.05) is 23.3 Å². The molecule has 1 aliphatic rings. The van der Waals surface area contributed by atoms with E-state index in [2.05, 4.69) is 9.72 Å². The predicted octanol–water partition coefficient (Wildman–Crippen LogP) is 1.63. The van der Waals surface area contributed by atoms with Crippen LogP contribution in [0.2, 0.25) is 0 Å². The minimum Gasteiger partial charge on any atom is -0.464 e. The van der Waals surface area contributed by atoms with E-state index in [4.69, 9.17) is 5.73 Å². The number of esters is 1. The fourth-order valence-electron chi connectivity index (χ4n) is 2.21. The summed E-state index contributed by atoms with van der Waals surface area (Å²) in [6.45, 7) is 1.88. The van der Waals surface area contributed by atoms with Crippen LogP contribution in [-0.4, -0.2) is 34.1 Å². The maximum absolute atomic E-state index is 11.5. The summed E-state index contributed by atoms with van der Waals surface area (Å²) in [5.74, 6) is 3.03. The number of thioether (sulfide) groups is 1. The maximum Gasteiger partial charge on any atom is 0.360 e. The minimum atomic E-state index is -0.463. The number of nitrogens with zero attached hydrogens (tertiary/aromatic N) is 2. The Morgan fingerprint density at radius 3 is 2.76 bits per heavy atom. The molecule has 5 nitrogen and oxygen atoms in total. The zero-order valence-electron chi connectivity index (χ0n) is 10.1. The lowest BCUT2D eigenvalue weighted by molar-refractivity contribution is 0.0595. The van der Waals surface area contributed by atoms with Crippen molar-refractivity contribution in [2.24, 2.45) is 0 Å². The molecule has 2 N–H and O–H groups in total. The number of rotatable bonds is 2. The zero-order chi connectivity index (χ0) is 12.4. The van der Waals surface area contributed by atoms with Gasteiger partial charge in [-0.3, -0.25) is 0 Å². The van der Waals surface area contributed by atoms with E-state index in [0.29, 0.717) is 11.9 Å². The van der Waals surface area contributed by atoms with Crippen molar-refractivity contribution >= 4 is 23.5 Å². The van der Waals surface area contributed by atoms with Gasteiger partial charge in [0.25, 0.3) is 0 Å². The average molecular weight is 255 g/mol. The van der Waals surface area contributed by atoms with E-state index >= 15 is 0 Å². The monoisotopic (exact) mass is 255 g/mol. The Labute approximate surface area is 105 Å². The summed E-state index contributed by atoms with van der Waals surface area (Å²) in [4.78, 5) is 15.7. The number of hydrogen-bond donors (Lipinski definition) is 1. The quantitative estimate of drug-likeness (QED) is 0.813. The van der Waals surface area contributed by atoms with Crippen molar-refractivity contribution in [3.8, 4) is 0 Å². The van der Waals surface area contributed by atoms with Gasteiger partial charge in [-0.25, -0.2) is 9.78 Å². The average Bonchev–Trinajstić information content (AvgIpc) is 2.65. The fraction of sp³-hybridized carbons (Fsp3) is 0.636. The molecular weight excluding hydrogens is 238 g/mol. The van der Waals surface area contributed by atoms with Crippen molar-refractivity contribution in [3.63, 3.8) is 0 Å². The van der Waals surface area contributed by atoms with E-state index in [-0.39, 0.29) is 5.69 Å². The van der Waals surface area contributed by atoms with Crippen molar-refractivity contribution in [2.45, 2.75) is 25.8 Å². The van der Waals surface area contributed by atoms with Crippen LogP contribution in [0.3, 0.4) is 0 Å². The van der Waals surface area contributed by atoms with Gasteiger partial charge in [-0.15, -0.1) is 0 Å². The molecule has 2 heterocycles. The standard InChI is InChI=1S/C11H17N3O2S/c1-7-13-9(11(15)16-2)10(12)14(7)8-3-5-17-6-4-8/h8H,3-6,12H2,1-2H3. The molecule has 0 amide bonds. The molecule has 6 heteroatoms. The van der Waals surface area contributed by atoms with Gasteiger partial charge in [0.2, 0.25) is 0 Å². The molecule has 1 aromatic heterocycles. The fourth-order valence-corrected chi connectivity index (χ4v) is 3.29. The molecule has 0 atom stereocenters. The second-order valence-electron chi connectivity index (χ2n) is 4.10. The summed E-state index contributed by atoms with van der Waals surface area (Å²) in [6, 6.07) is 0.363. The molecule has 1 saturated heterocycles. The molecule has 17 heavy (non-hydrogen) atoms. The highest BCUT2D eigenvalue weighted by atomic mass is 32.2. The molecule has 0 saturated carbocycles.